The van der Waals surface area contributed by atoms with Crippen molar-refractivity contribution in [1.29, 1.82) is 0 Å². The third kappa shape index (κ3) is 2.22. The molecule has 0 spiro atoms. The number of ketones is 2. The van der Waals surface area contributed by atoms with Crippen molar-refractivity contribution in [2.24, 2.45) is 10.9 Å². The molecule has 19 heavy (non-hydrogen) atoms. The maximum absolute atomic E-state index is 12.1. The van der Waals surface area contributed by atoms with Gasteiger partial charge in [0.15, 0.2) is 11.6 Å². The molecule has 0 radical (unpaired) electrons. The van der Waals surface area contributed by atoms with Gasteiger partial charge in [-0.1, -0.05) is 36.4 Å². The third-order valence-electron chi connectivity index (χ3n) is 3.07. The highest BCUT2D eigenvalue weighted by atomic mass is 16.1. The van der Waals surface area contributed by atoms with Gasteiger partial charge in [0.2, 0.25) is 0 Å². The van der Waals surface area contributed by atoms with Gasteiger partial charge in [0, 0.05) is 11.3 Å². The molecular formula is C16H11NO2. The van der Waals surface area contributed by atoms with E-state index >= 15 is 0 Å². The van der Waals surface area contributed by atoms with Gasteiger partial charge in [0.25, 0.3) is 0 Å². The van der Waals surface area contributed by atoms with Gasteiger partial charge in [0.05, 0.1) is 11.1 Å². The van der Waals surface area contributed by atoms with Crippen LogP contribution in [0.5, 0.6) is 0 Å². The van der Waals surface area contributed by atoms with Crippen molar-refractivity contribution < 1.29 is 9.59 Å². The second-order valence-electron chi connectivity index (χ2n) is 4.41. The number of carbonyl (C=O) groups is 2. The van der Waals surface area contributed by atoms with Gasteiger partial charge in [-0.15, -0.1) is 0 Å². The quantitative estimate of drug-likeness (QED) is 0.576. The Morgan fingerprint density at radius 2 is 2.05 bits per heavy atom. The molecule has 3 rings (SSSR count). The molecule has 1 aliphatic carbocycles. The van der Waals surface area contributed by atoms with Crippen LogP contribution in [0.2, 0.25) is 0 Å². The summed E-state index contributed by atoms with van der Waals surface area (Å²) in [7, 11) is 0. The van der Waals surface area contributed by atoms with Crippen LogP contribution in [0.4, 0.5) is 0 Å². The Hall–Kier alpha value is -2.55. The molecule has 0 saturated carbocycles. The summed E-state index contributed by atoms with van der Waals surface area (Å²) in [6, 6.07) is 7.66. The van der Waals surface area contributed by atoms with E-state index in [4.69, 9.17) is 0 Å². The van der Waals surface area contributed by atoms with Crippen molar-refractivity contribution >= 4 is 17.6 Å². The molecule has 0 fully saturated rings. The average molecular weight is 249 g/mol. The molecule has 1 unspecified atom stereocenters. The van der Waals surface area contributed by atoms with Crippen LogP contribution in [0, 0.1) is 5.92 Å². The molecule has 1 aliphatic heterocycles. The van der Waals surface area contributed by atoms with E-state index in [1.807, 2.05) is 30.3 Å². The lowest BCUT2D eigenvalue weighted by atomic mass is 9.94. The summed E-state index contributed by atoms with van der Waals surface area (Å²) in [5.41, 5.74) is 0.599. The van der Waals surface area contributed by atoms with E-state index in [9.17, 15) is 9.59 Å². The largest absolute Gasteiger partial charge is 0.294 e. The molecule has 1 aromatic carbocycles. The number of hydrogen-bond donors (Lipinski definition) is 0. The van der Waals surface area contributed by atoms with E-state index in [0.717, 1.165) is 10.6 Å². The summed E-state index contributed by atoms with van der Waals surface area (Å²) >= 11 is 0. The molecule has 1 aromatic rings. The molecule has 0 aromatic heterocycles. The van der Waals surface area contributed by atoms with Gasteiger partial charge in [-0.2, -0.15) is 0 Å². The van der Waals surface area contributed by atoms with Gasteiger partial charge in [-0.25, -0.2) is 4.99 Å². The summed E-state index contributed by atoms with van der Waals surface area (Å²) in [5.74, 6) is -1.11. The van der Waals surface area contributed by atoms with Crippen molar-refractivity contribution in [2.45, 2.75) is 0 Å². The first-order chi connectivity index (χ1) is 9.24. The van der Waals surface area contributed by atoms with Crippen LogP contribution >= 0.6 is 0 Å². The third-order valence-corrected chi connectivity index (χ3v) is 3.07. The molecule has 0 amide bonds. The Balaban J connectivity index is 1.90. The summed E-state index contributed by atoms with van der Waals surface area (Å²) in [6.45, 7) is 0. The second-order valence-corrected chi connectivity index (χ2v) is 4.41. The molecule has 92 valence electrons. The van der Waals surface area contributed by atoms with E-state index in [0.29, 0.717) is 5.70 Å². The number of nitrogens with zero attached hydrogens (tertiary/aromatic N) is 1. The van der Waals surface area contributed by atoms with Gasteiger partial charge >= 0.3 is 0 Å². The molecule has 3 heteroatoms. The lowest BCUT2D eigenvalue weighted by Gasteiger charge is -2.07. The first kappa shape index (κ1) is 11.5. The molecular weight excluding hydrogens is 238 g/mol. The molecule has 0 bridgehead atoms. The van der Waals surface area contributed by atoms with Gasteiger partial charge in [-0.05, 0) is 18.2 Å². The normalized spacial score (nSPS) is 22.0. The Kier molecular flexibility index (Phi) is 2.80. The van der Waals surface area contributed by atoms with Gasteiger partial charge in [0.1, 0.15) is 5.92 Å². The number of allylic oxidation sites excluding steroid dienone is 6. The Bertz CT molecular complexity index is 729. The lowest BCUT2D eigenvalue weighted by molar-refractivity contribution is -0.125. The van der Waals surface area contributed by atoms with E-state index in [1.165, 1.54) is 12.2 Å². The summed E-state index contributed by atoms with van der Waals surface area (Å²) in [4.78, 5) is 28.0. The SMILES string of the molecule is O=C1C=CC=CC1C(=O)/C=C1\C=c2ccccc2=N1. The number of hydrogen-bond acceptors (Lipinski definition) is 3. The standard InChI is InChI=1S/C16H11NO2/c18-15-8-4-2-6-13(15)16(19)10-12-9-11-5-1-3-7-14(11)17-12/h1-10,13H/b12-10+. The Labute approximate surface area is 110 Å². The zero-order chi connectivity index (χ0) is 13.2. The summed E-state index contributed by atoms with van der Waals surface area (Å²) < 4.78 is 0. The zero-order valence-electron chi connectivity index (χ0n) is 10.1. The summed E-state index contributed by atoms with van der Waals surface area (Å²) in [6.07, 6.45) is 9.68. The first-order valence-electron chi connectivity index (χ1n) is 6.04. The van der Waals surface area contributed by atoms with Crippen LogP contribution < -0.4 is 10.6 Å². The van der Waals surface area contributed by atoms with E-state index in [1.54, 1.807) is 18.2 Å². The van der Waals surface area contributed by atoms with E-state index in [-0.39, 0.29) is 11.6 Å². The van der Waals surface area contributed by atoms with Crippen molar-refractivity contribution in [1.82, 2.24) is 0 Å². The molecule has 1 heterocycles. The maximum atomic E-state index is 12.1. The number of benzene rings is 1. The number of fused-ring (bicyclic) bond motifs is 1. The highest BCUT2D eigenvalue weighted by Crippen LogP contribution is 2.12. The van der Waals surface area contributed by atoms with Crippen LogP contribution in [-0.2, 0) is 9.59 Å². The average Bonchev–Trinajstić information content (AvgIpc) is 2.81. The number of rotatable bonds is 2. The zero-order valence-corrected chi connectivity index (χ0v) is 10.1. The van der Waals surface area contributed by atoms with Gasteiger partial charge in [-0.3, -0.25) is 9.59 Å². The van der Waals surface area contributed by atoms with Crippen molar-refractivity contribution in [3.63, 3.8) is 0 Å². The van der Waals surface area contributed by atoms with Crippen molar-refractivity contribution in [2.75, 3.05) is 0 Å². The van der Waals surface area contributed by atoms with E-state index < -0.39 is 5.92 Å². The highest BCUT2D eigenvalue weighted by Gasteiger charge is 2.21. The van der Waals surface area contributed by atoms with E-state index in [2.05, 4.69) is 4.99 Å². The molecule has 0 N–H and O–H groups in total. The topological polar surface area (TPSA) is 46.5 Å². The smallest absolute Gasteiger partial charge is 0.172 e. The van der Waals surface area contributed by atoms with Crippen LogP contribution in [-0.4, -0.2) is 11.6 Å². The maximum Gasteiger partial charge on any atom is 0.172 e. The Morgan fingerprint density at radius 1 is 1.21 bits per heavy atom. The fourth-order valence-electron chi connectivity index (χ4n) is 2.11. The fourth-order valence-corrected chi connectivity index (χ4v) is 2.11. The van der Waals surface area contributed by atoms with Crippen LogP contribution in [0.3, 0.4) is 0 Å². The second kappa shape index (κ2) is 4.61. The van der Waals surface area contributed by atoms with Crippen molar-refractivity contribution in [3.05, 3.63) is 70.9 Å². The number of carbonyl (C=O) groups excluding carboxylic acids is 2. The van der Waals surface area contributed by atoms with Crippen LogP contribution in [0.1, 0.15) is 0 Å². The first-order valence-corrected chi connectivity index (χ1v) is 6.04. The van der Waals surface area contributed by atoms with Crippen LogP contribution in [0.15, 0.2) is 65.3 Å². The minimum Gasteiger partial charge on any atom is -0.294 e. The molecule has 3 nitrogen and oxygen atoms in total. The fraction of sp³-hybridized carbons (Fsp3) is 0.0625. The molecule has 1 atom stereocenters. The molecule has 0 saturated heterocycles. The monoisotopic (exact) mass is 249 g/mol. The minimum atomic E-state index is -0.704. The summed E-state index contributed by atoms with van der Waals surface area (Å²) in [5, 5.41) is 1.85. The lowest BCUT2D eigenvalue weighted by Crippen LogP contribution is -2.20. The Morgan fingerprint density at radius 3 is 2.84 bits per heavy atom. The highest BCUT2D eigenvalue weighted by molar-refractivity contribution is 6.14. The molecule has 2 aliphatic rings. The van der Waals surface area contributed by atoms with Gasteiger partial charge < -0.3 is 0 Å². The number of para-hydroxylation sites is 1. The predicted octanol–water partition coefficient (Wildman–Crippen LogP) is 0.865. The predicted molar refractivity (Wildman–Crippen MR) is 71.6 cm³/mol. The van der Waals surface area contributed by atoms with Crippen molar-refractivity contribution in [3.8, 4) is 0 Å². The minimum absolute atomic E-state index is 0.181. The van der Waals surface area contributed by atoms with Crippen LogP contribution in [0.25, 0.3) is 6.08 Å².